The normalized spacial score (nSPS) is 20.0. The highest BCUT2D eigenvalue weighted by Gasteiger charge is 2.25. The molecule has 2 aliphatic rings. The maximum atomic E-state index is 13.1. The van der Waals surface area contributed by atoms with Crippen LogP contribution in [-0.2, 0) is 6.54 Å². The van der Waals surface area contributed by atoms with Crippen LogP contribution in [0, 0.1) is 5.92 Å². The molecule has 0 bridgehead atoms. The number of carbonyl (C=O) groups is 1. The molecule has 1 aliphatic carbocycles. The van der Waals surface area contributed by atoms with E-state index in [0.717, 1.165) is 24.3 Å². The molecule has 4 rings (SSSR count). The van der Waals surface area contributed by atoms with E-state index >= 15 is 0 Å². The minimum Gasteiger partial charge on any atom is -0.491 e. The number of allylic oxidation sites excluding steroid dienone is 2. The van der Waals surface area contributed by atoms with Crippen molar-refractivity contribution in [1.29, 1.82) is 0 Å². The third-order valence-corrected chi connectivity index (χ3v) is 5.11. The Morgan fingerprint density at radius 3 is 2.88 bits per heavy atom. The Morgan fingerprint density at radius 2 is 2.12 bits per heavy atom. The first-order valence-corrected chi connectivity index (χ1v) is 9.22. The van der Waals surface area contributed by atoms with Crippen LogP contribution in [0.25, 0.3) is 5.57 Å². The van der Waals surface area contributed by atoms with Gasteiger partial charge in [-0.25, -0.2) is 9.97 Å². The SMILES string of the molecule is CC1CC=C(c2ccc3c(c2)C(=O)N(Cc2ncccn2)CCO3)CC1. The molecule has 26 heavy (non-hydrogen) atoms. The van der Waals surface area contributed by atoms with Gasteiger partial charge in [-0.2, -0.15) is 0 Å². The molecule has 0 spiro atoms. The van der Waals surface area contributed by atoms with Crippen molar-refractivity contribution < 1.29 is 9.53 Å². The minimum absolute atomic E-state index is 0.0171. The smallest absolute Gasteiger partial charge is 0.258 e. The molecule has 0 radical (unpaired) electrons. The van der Waals surface area contributed by atoms with Gasteiger partial charge in [0.05, 0.1) is 18.7 Å². The third kappa shape index (κ3) is 3.47. The Balaban J connectivity index is 1.61. The summed E-state index contributed by atoms with van der Waals surface area (Å²) in [5, 5.41) is 0. The van der Waals surface area contributed by atoms with Crippen molar-refractivity contribution in [2.75, 3.05) is 13.2 Å². The number of hydrogen-bond donors (Lipinski definition) is 0. The van der Waals surface area contributed by atoms with Gasteiger partial charge in [-0.15, -0.1) is 0 Å². The lowest BCUT2D eigenvalue weighted by atomic mass is 9.87. The van der Waals surface area contributed by atoms with E-state index in [1.807, 2.05) is 12.1 Å². The highest BCUT2D eigenvalue weighted by atomic mass is 16.5. The number of fused-ring (bicyclic) bond motifs is 1. The number of ether oxygens (including phenoxy) is 1. The molecule has 1 aromatic carbocycles. The summed E-state index contributed by atoms with van der Waals surface area (Å²) in [5.74, 6) is 2.03. The Kier molecular flexibility index (Phi) is 4.69. The van der Waals surface area contributed by atoms with Gasteiger partial charge in [0.25, 0.3) is 5.91 Å². The van der Waals surface area contributed by atoms with Crippen LogP contribution < -0.4 is 4.74 Å². The molecule has 2 heterocycles. The van der Waals surface area contributed by atoms with Gasteiger partial charge in [0.1, 0.15) is 18.2 Å². The summed E-state index contributed by atoms with van der Waals surface area (Å²) in [6.07, 6.45) is 9.08. The van der Waals surface area contributed by atoms with E-state index in [1.54, 1.807) is 23.4 Å². The molecule has 0 saturated heterocycles. The topological polar surface area (TPSA) is 55.3 Å². The van der Waals surface area contributed by atoms with E-state index in [9.17, 15) is 4.79 Å². The second-order valence-corrected chi connectivity index (χ2v) is 7.06. The van der Waals surface area contributed by atoms with Crippen molar-refractivity contribution in [3.8, 4) is 5.75 Å². The van der Waals surface area contributed by atoms with E-state index in [1.165, 1.54) is 12.0 Å². The lowest BCUT2D eigenvalue weighted by molar-refractivity contribution is 0.0738. The standard InChI is InChI=1S/C21H23N3O2/c1-15-3-5-16(6-4-15)17-7-8-19-18(13-17)21(25)24(11-12-26-19)14-20-22-9-2-10-23-20/h2,5,7-10,13,15H,3-4,6,11-12,14H2,1H3. The van der Waals surface area contributed by atoms with Gasteiger partial charge in [0.15, 0.2) is 0 Å². The summed E-state index contributed by atoms with van der Waals surface area (Å²) in [7, 11) is 0. The van der Waals surface area contributed by atoms with Crippen molar-refractivity contribution in [3.05, 3.63) is 59.7 Å². The number of nitrogens with zero attached hydrogens (tertiary/aromatic N) is 3. The Hall–Kier alpha value is -2.69. The second kappa shape index (κ2) is 7.28. The summed E-state index contributed by atoms with van der Waals surface area (Å²) in [5.41, 5.74) is 3.10. The molecular formula is C21H23N3O2. The van der Waals surface area contributed by atoms with Crippen LogP contribution in [-0.4, -0.2) is 33.9 Å². The fourth-order valence-corrected chi connectivity index (χ4v) is 3.52. The monoisotopic (exact) mass is 349 g/mol. The maximum absolute atomic E-state index is 13.1. The van der Waals surface area contributed by atoms with Crippen molar-refractivity contribution in [1.82, 2.24) is 14.9 Å². The molecular weight excluding hydrogens is 326 g/mol. The van der Waals surface area contributed by atoms with Crippen molar-refractivity contribution >= 4 is 11.5 Å². The van der Waals surface area contributed by atoms with Crippen molar-refractivity contribution in [3.63, 3.8) is 0 Å². The lowest BCUT2D eigenvalue weighted by Crippen LogP contribution is -2.32. The molecule has 1 aromatic heterocycles. The summed E-state index contributed by atoms with van der Waals surface area (Å²) in [6, 6.07) is 7.77. The molecule has 1 unspecified atom stereocenters. The van der Waals surface area contributed by atoms with E-state index in [4.69, 9.17) is 4.74 Å². The van der Waals surface area contributed by atoms with Crippen LogP contribution in [0.1, 0.15) is 47.9 Å². The van der Waals surface area contributed by atoms with Crippen molar-refractivity contribution in [2.24, 2.45) is 5.92 Å². The van der Waals surface area contributed by atoms with Crippen LogP contribution in [0.2, 0.25) is 0 Å². The molecule has 5 nitrogen and oxygen atoms in total. The summed E-state index contributed by atoms with van der Waals surface area (Å²) < 4.78 is 5.82. The molecule has 134 valence electrons. The van der Waals surface area contributed by atoms with Gasteiger partial charge in [0, 0.05) is 12.4 Å². The molecule has 1 atom stereocenters. The first-order chi connectivity index (χ1) is 12.7. The second-order valence-electron chi connectivity index (χ2n) is 7.06. The van der Waals surface area contributed by atoms with Gasteiger partial charge < -0.3 is 9.64 Å². The number of benzene rings is 1. The highest BCUT2D eigenvalue weighted by molar-refractivity contribution is 5.98. The lowest BCUT2D eigenvalue weighted by Gasteiger charge is -2.20. The zero-order valence-corrected chi connectivity index (χ0v) is 15.0. The number of carbonyl (C=O) groups excluding carboxylic acids is 1. The van der Waals surface area contributed by atoms with Gasteiger partial charge in [-0.1, -0.05) is 19.1 Å². The number of amides is 1. The predicted octanol–water partition coefficient (Wildman–Crippen LogP) is 3.71. The third-order valence-electron chi connectivity index (χ3n) is 5.11. The van der Waals surface area contributed by atoms with E-state index in [0.29, 0.717) is 36.8 Å². The largest absolute Gasteiger partial charge is 0.491 e. The average Bonchev–Trinajstić information content (AvgIpc) is 2.82. The quantitative estimate of drug-likeness (QED) is 0.847. The van der Waals surface area contributed by atoms with Crippen molar-refractivity contribution in [2.45, 2.75) is 32.7 Å². The van der Waals surface area contributed by atoms with Gasteiger partial charge >= 0.3 is 0 Å². The fourth-order valence-electron chi connectivity index (χ4n) is 3.52. The average molecular weight is 349 g/mol. The maximum Gasteiger partial charge on any atom is 0.258 e. The first-order valence-electron chi connectivity index (χ1n) is 9.22. The first kappa shape index (κ1) is 16.8. The summed E-state index contributed by atoms with van der Waals surface area (Å²) in [4.78, 5) is 23.3. The molecule has 5 heteroatoms. The summed E-state index contributed by atoms with van der Waals surface area (Å²) in [6.45, 7) is 3.69. The molecule has 1 amide bonds. The Labute approximate surface area is 153 Å². The zero-order valence-electron chi connectivity index (χ0n) is 15.0. The molecule has 0 N–H and O–H groups in total. The molecule has 0 fully saturated rings. The van der Waals surface area contributed by atoms with Crippen LogP contribution >= 0.6 is 0 Å². The Bertz CT molecular complexity index is 832. The van der Waals surface area contributed by atoms with Gasteiger partial charge in [-0.05, 0) is 54.5 Å². The molecule has 2 aromatic rings. The van der Waals surface area contributed by atoms with Crippen LogP contribution in [0.3, 0.4) is 0 Å². The minimum atomic E-state index is -0.0171. The van der Waals surface area contributed by atoms with Gasteiger partial charge in [0.2, 0.25) is 0 Å². The number of hydrogen-bond acceptors (Lipinski definition) is 4. The van der Waals surface area contributed by atoms with E-state index in [-0.39, 0.29) is 5.91 Å². The van der Waals surface area contributed by atoms with Gasteiger partial charge in [-0.3, -0.25) is 4.79 Å². The predicted molar refractivity (Wildman–Crippen MR) is 99.7 cm³/mol. The van der Waals surface area contributed by atoms with Crippen LogP contribution in [0.15, 0.2) is 42.7 Å². The molecule has 1 aliphatic heterocycles. The zero-order chi connectivity index (χ0) is 17.9. The Morgan fingerprint density at radius 1 is 1.27 bits per heavy atom. The fraction of sp³-hybridized carbons (Fsp3) is 0.381. The highest BCUT2D eigenvalue weighted by Crippen LogP contribution is 2.33. The van der Waals surface area contributed by atoms with E-state index in [2.05, 4.69) is 29.0 Å². The van der Waals surface area contributed by atoms with Crippen LogP contribution in [0.5, 0.6) is 5.75 Å². The number of aromatic nitrogens is 2. The summed E-state index contributed by atoms with van der Waals surface area (Å²) >= 11 is 0. The van der Waals surface area contributed by atoms with Crippen LogP contribution in [0.4, 0.5) is 0 Å². The molecule has 0 saturated carbocycles. The number of rotatable bonds is 3. The van der Waals surface area contributed by atoms with E-state index < -0.39 is 0 Å².